The SMILES string of the molecule is CN(Cc1cccc(Br)c1)c1nc(Cl)ncc1Br. The normalized spacial score (nSPS) is 10.4. The highest BCUT2D eigenvalue weighted by atomic mass is 79.9. The minimum Gasteiger partial charge on any atom is -0.354 e. The van der Waals surface area contributed by atoms with E-state index < -0.39 is 0 Å². The molecule has 0 atom stereocenters. The fraction of sp³-hybridized carbons (Fsp3) is 0.167. The van der Waals surface area contributed by atoms with Gasteiger partial charge in [0, 0.05) is 24.3 Å². The second-order valence-electron chi connectivity index (χ2n) is 3.80. The number of hydrogen-bond acceptors (Lipinski definition) is 3. The highest BCUT2D eigenvalue weighted by Gasteiger charge is 2.09. The molecule has 1 aromatic heterocycles. The molecule has 3 nitrogen and oxygen atoms in total. The Morgan fingerprint density at radius 2 is 2.11 bits per heavy atom. The van der Waals surface area contributed by atoms with E-state index in [4.69, 9.17) is 11.6 Å². The van der Waals surface area contributed by atoms with Crippen LogP contribution in [0.3, 0.4) is 0 Å². The molecule has 0 unspecified atom stereocenters. The monoisotopic (exact) mass is 389 g/mol. The topological polar surface area (TPSA) is 29.0 Å². The molecule has 0 N–H and O–H groups in total. The van der Waals surface area contributed by atoms with Crippen molar-refractivity contribution in [2.24, 2.45) is 0 Å². The summed E-state index contributed by atoms with van der Waals surface area (Å²) in [5, 5.41) is 0.245. The van der Waals surface area contributed by atoms with Gasteiger partial charge in [-0.3, -0.25) is 0 Å². The smallest absolute Gasteiger partial charge is 0.224 e. The molecule has 0 fully saturated rings. The van der Waals surface area contributed by atoms with E-state index in [1.165, 1.54) is 5.56 Å². The van der Waals surface area contributed by atoms with Gasteiger partial charge in [-0.05, 0) is 45.2 Å². The molecule has 0 aliphatic carbocycles. The molecule has 2 aromatic rings. The van der Waals surface area contributed by atoms with Crippen molar-refractivity contribution in [3.63, 3.8) is 0 Å². The first kappa shape index (κ1) is 13.8. The lowest BCUT2D eigenvalue weighted by molar-refractivity contribution is 0.885. The Hall–Kier alpha value is -0.650. The molecule has 1 aromatic carbocycles. The van der Waals surface area contributed by atoms with Crippen molar-refractivity contribution < 1.29 is 0 Å². The van der Waals surface area contributed by atoms with Crippen molar-refractivity contribution in [2.75, 3.05) is 11.9 Å². The van der Waals surface area contributed by atoms with Gasteiger partial charge in [0.2, 0.25) is 5.28 Å². The number of halogens is 3. The molecular formula is C12H10Br2ClN3. The van der Waals surface area contributed by atoms with Gasteiger partial charge < -0.3 is 4.90 Å². The van der Waals surface area contributed by atoms with Crippen molar-refractivity contribution in [2.45, 2.75) is 6.54 Å². The summed E-state index contributed by atoms with van der Waals surface area (Å²) >= 11 is 12.7. The first-order chi connectivity index (χ1) is 8.56. The van der Waals surface area contributed by atoms with Gasteiger partial charge in [0.1, 0.15) is 5.82 Å². The van der Waals surface area contributed by atoms with Crippen molar-refractivity contribution in [3.8, 4) is 0 Å². The third-order valence-corrected chi connectivity index (χ3v) is 3.60. The van der Waals surface area contributed by atoms with Crippen LogP contribution in [0, 0.1) is 0 Å². The molecule has 18 heavy (non-hydrogen) atoms. The van der Waals surface area contributed by atoms with Crippen LogP contribution in [-0.2, 0) is 6.54 Å². The van der Waals surface area contributed by atoms with E-state index >= 15 is 0 Å². The third kappa shape index (κ3) is 3.43. The summed E-state index contributed by atoms with van der Waals surface area (Å²) in [5.41, 5.74) is 1.19. The Labute approximate surface area is 127 Å². The molecule has 0 aliphatic rings. The van der Waals surface area contributed by atoms with E-state index in [1.54, 1.807) is 6.20 Å². The van der Waals surface area contributed by atoms with Crippen LogP contribution >= 0.6 is 43.5 Å². The first-order valence-corrected chi connectivity index (χ1v) is 7.16. The largest absolute Gasteiger partial charge is 0.354 e. The Kier molecular flexibility index (Phi) is 4.59. The van der Waals surface area contributed by atoms with Crippen molar-refractivity contribution >= 4 is 49.3 Å². The summed E-state index contributed by atoms with van der Waals surface area (Å²) in [6, 6.07) is 8.15. The lowest BCUT2D eigenvalue weighted by atomic mass is 10.2. The van der Waals surface area contributed by atoms with Gasteiger partial charge in [-0.15, -0.1) is 0 Å². The predicted octanol–water partition coefficient (Wildman–Crippen LogP) is 4.29. The van der Waals surface area contributed by atoms with Crippen molar-refractivity contribution in [1.82, 2.24) is 9.97 Å². The highest BCUT2D eigenvalue weighted by molar-refractivity contribution is 9.10. The zero-order valence-electron chi connectivity index (χ0n) is 9.57. The van der Waals surface area contributed by atoms with E-state index in [-0.39, 0.29) is 5.28 Å². The van der Waals surface area contributed by atoms with E-state index in [9.17, 15) is 0 Å². The summed E-state index contributed by atoms with van der Waals surface area (Å²) in [6.07, 6.45) is 1.65. The molecule has 94 valence electrons. The zero-order chi connectivity index (χ0) is 13.1. The Bertz CT molecular complexity index is 563. The maximum atomic E-state index is 5.81. The summed E-state index contributed by atoms with van der Waals surface area (Å²) in [5.74, 6) is 0.773. The van der Waals surface area contributed by atoms with E-state index in [0.717, 1.165) is 21.3 Å². The van der Waals surface area contributed by atoms with Crippen LogP contribution in [0.1, 0.15) is 5.56 Å². The van der Waals surface area contributed by atoms with Crippen molar-refractivity contribution in [3.05, 3.63) is 50.3 Å². The molecule has 0 radical (unpaired) electrons. The zero-order valence-corrected chi connectivity index (χ0v) is 13.5. The molecule has 2 rings (SSSR count). The fourth-order valence-corrected chi connectivity index (χ4v) is 2.66. The minimum atomic E-state index is 0.245. The number of aromatic nitrogens is 2. The molecule has 0 saturated heterocycles. The molecule has 0 amide bonds. The Morgan fingerprint density at radius 1 is 1.33 bits per heavy atom. The van der Waals surface area contributed by atoms with Crippen molar-refractivity contribution in [1.29, 1.82) is 0 Å². The van der Waals surface area contributed by atoms with Gasteiger partial charge in [0.15, 0.2) is 0 Å². The van der Waals surface area contributed by atoms with Crippen LogP contribution in [0.2, 0.25) is 5.28 Å². The van der Waals surface area contributed by atoms with Gasteiger partial charge in [-0.25, -0.2) is 4.98 Å². The van der Waals surface area contributed by atoms with Gasteiger partial charge >= 0.3 is 0 Å². The third-order valence-electron chi connectivity index (χ3n) is 2.37. The first-order valence-electron chi connectivity index (χ1n) is 5.20. The fourth-order valence-electron chi connectivity index (χ4n) is 1.59. The summed E-state index contributed by atoms with van der Waals surface area (Å²) in [4.78, 5) is 10.1. The number of nitrogens with zero attached hydrogens (tertiary/aromatic N) is 3. The molecule has 0 saturated carbocycles. The number of anilines is 1. The molecule has 6 heteroatoms. The van der Waals surface area contributed by atoms with E-state index in [0.29, 0.717) is 0 Å². The lowest BCUT2D eigenvalue weighted by Gasteiger charge is -2.19. The average molecular weight is 391 g/mol. The van der Waals surface area contributed by atoms with Gasteiger partial charge in [-0.1, -0.05) is 28.1 Å². The molecule has 0 spiro atoms. The predicted molar refractivity (Wildman–Crippen MR) is 81.0 cm³/mol. The highest BCUT2D eigenvalue weighted by Crippen LogP contribution is 2.25. The summed E-state index contributed by atoms with van der Waals surface area (Å²) in [7, 11) is 1.96. The summed E-state index contributed by atoms with van der Waals surface area (Å²) in [6.45, 7) is 0.741. The van der Waals surface area contributed by atoms with Crippen LogP contribution in [-0.4, -0.2) is 17.0 Å². The molecule has 0 aliphatic heterocycles. The van der Waals surface area contributed by atoms with Gasteiger partial charge in [-0.2, -0.15) is 4.98 Å². The second kappa shape index (κ2) is 5.99. The Balaban J connectivity index is 2.21. The van der Waals surface area contributed by atoms with Crippen LogP contribution in [0.15, 0.2) is 39.4 Å². The maximum absolute atomic E-state index is 5.81. The quantitative estimate of drug-likeness (QED) is 0.731. The van der Waals surface area contributed by atoms with Crippen LogP contribution in [0.4, 0.5) is 5.82 Å². The van der Waals surface area contributed by atoms with Gasteiger partial charge in [0.05, 0.1) is 4.47 Å². The van der Waals surface area contributed by atoms with Crippen LogP contribution < -0.4 is 4.90 Å². The molecule has 0 bridgehead atoms. The molecular weight excluding hydrogens is 381 g/mol. The number of hydrogen-bond donors (Lipinski definition) is 0. The summed E-state index contributed by atoms with van der Waals surface area (Å²) < 4.78 is 1.89. The second-order valence-corrected chi connectivity index (χ2v) is 5.90. The lowest BCUT2D eigenvalue weighted by Crippen LogP contribution is -2.18. The maximum Gasteiger partial charge on any atom is 0.224 e. The standard InChI is InChI=1S/C12H10Br2ClN3/c1-18(7-8-3-2-4-9(13)5-8)11-10(14)6-16-12(15)17-11/h2-6H,7H2,1H3. The minimum absolute atomic E-state index is 0.245. The van der Waals surface area contributed by atoms with Gasteiger partial charge in [0.25, 0.3) is 0 Å². The molecule has 1 heterocycles. The Morgan fingerprint density at radius 3 is 2.83 bits per heavy atom. The van der Waals surface area contributed by atoms with E-state index in [1.807, 2.05) is 24.1 Å². The van der Waals surface area contributed by atoms with Crippen LogP contribution in [0.5, 0.6) is 0 Å². The number of rotatable bonds is 3. The average Bonchev–Trinajstić information content (AvgIpc) is 2.32. The number of benzene rings is 1. The van der Waals surface area contributed by atoms with Crippen LogP contribution in [0.25, 0.3) is 0 Å². The van der Waals surface area contributed by atoms with E-state index in [2.05, 4.69) is 54.0 Å².